The molecular formula is C13H20N4O3. The third-order valence-corrected chi connectivity index (χ3v) is 3.43. The molecule has 1 saturated heterocycles. The predicted octanol–water partition coefficient (Wildman–Crippen LogP) is 1.19. The van der Waals surface area contributed by atoms with E-state index in [0.717, 1.165) is 19.5 Å². The minimum absolute atomic E-state index is 0.0665. The number of rotatable bonds is 7. The van der Waals surface area contributed by atoms with Gasteiger partial charge in [0.05, 0.1) is 17.6 Å². The van der Waals surface area contributed by atoms with E-state index in [4.69, 9.17) is 4.74 Å². The first-order valence-corrected chi connectivity index (χ1v) is 6.78. The van der Waals surface area contributed by atoms with Gasteiger partial charge < -0.3 is 15.0 Å². The molecule has 1 aromatic rings. The van der Waals surface area contributed by atoms with Crippen LogP contribution in [0.1, 0.15) is 12.8 Å². The molecule has 2 rings (SSSR count). The van der Waals surface area contributed by atoms with Gasteiger partial charge in [0.1, 0.15) is 5.82 Å². The summed E-state index contributed by atoms with van der Waals surface area (Å²) in [5, 5.41) is 14.3. The van der Waals surface area contributed by atoms with E-state index in [-0.39, 0.29) is 5.69 Å². The van der Waals surface area contributed by atoms with E-state index in [9.17, 15) is 10.1 Å². The van der Waals surface area contributed by atoms with Gasteiger partial charge in [-0.05, 0) is 19.4 Å². The smallest absolute Gasteiger partial charge is 0.274 e. The quantitative estimate of drug-likeness (QED) is 0.597. The van der Waals surface area contributed by atoms with Crippen LogP contribution in [-0.4, -0.2) is 49.3 Å². The van der Waals surface area contributed by atoms with Crippen LogP contribution in [0.2, 0.25) is 0 Å². The van der Waals surface area contributed by atoms with E-state index >= 15 is 0 Å². The molecule has 0 amide bonds. The van der Waals surface area contributed by atoms with E-state index in [1.54, 1.807) is 7.11 Å². The molecule has 0 aliphatic carbocycles. The van der Waals surface area contributed by atoms with Crippen LogP contribution in [-0.2, 0) is 4.74 Å². The van der Waals surface area contributed by atoms with Crippen molar-refractivity contribution in [3.05, 3.63) is 28.4 Å². The Hall–Kier alpha value is -1.73. The average molecular weight is 280 g/mol. The molecular weight excluding hydrogens is 260 g/mol. The Bertz CT molecular complexity index is 449. The molecule has 2 heterocycles. The normalized spacial score (nSPS) is 18.1. The SMILES string of the molecule is COCCN(CC1CCCN1)c1cc([N+](=O)[O-])ccn1. The molecule has 0 bridgehead atoms. The van der Waals surface area contributed by atoms with Crippen LogP contribution >= 0.6 is 0 Å². The second kappa shape index (κ2) is 7.16. The summed E-state index contributed by atoms with van der Waals surface area (Å²) in [6, 6.07) is 3.34. The van der Waals surface area contributed by atoms with Crippen LogP contribution in [0.5, 0.6) is 0 Å². The lowest BCUT2D eigenvalue weighted by Gasteiger charge is -2.26. The van der Waals surface area contributed by atoms with Crippen LogP contribution in [0.4, 0.5) is 11.5 Å². The second-order valence-electron chi connectivity index (χ2n) is 4.86. The van der Waals surface area contributed by atoms with Gasteiger partial charge >= 0.3 is 0 Å². The van der Waals surface area contributed by atoms with Gasteiger partial charge in [0.25, 0.3) is 5.69 Å². The Morgan fingerprint density at radius 1 is 1.65 bits per heavy atom. The van der Waals surface area contributed by atoms with Crippen molar-refractivity contribution in [1.82, 2.24) is 10.3 Å². The van der Waals surface area contributed by atoms with Crippen molar-refractivity contribution >= 4 is 11.5 Å². The largest absolute Gasteiger partial charge is 0.383 e. The second-order valence-corrected chi connectivity index (χ2v) is 4.86. The van der Waals surface area contributed by atoms with Crippen molar-refractivity contribution in [3.8, 4) is 0 Å². The van der Waals surface area contributed by atoms with Crippen molar-refractivity contribution in [2.45, 2.75) is 18.9 Å². The molecule has 7 heteroatoms. The fraction of sp³-hybridized carbons (Fsp3) is 0.615. The van der Waals surface area contributed by atoms with Crippen molar-refractivity contribution in [2.24, 2.45) is 0 Å². The molecule has 0 radical (unpaired) electrons. The number of hydrogen-bond acceptors (Lipinski definition) is 6. The molecule has 1 atom stereocenters. The highest BCUT2D eigenvalue weighted by molar-refractivity contribution is 5.46. The van der Waals surface area contributed by atoms with Crippen LogP contribution in [0, 0.1) is 10.1 Å². The zero-order valence-corrected chi connectivity index (χ0v) is 11.6. The number of nitro groups is 1. The maximum Gasteiger partial charge on any atom is 0.274 e. The van der Waals surface area contributed by atoms with E-state index in [1.165, 1.54) is 24.8 Å². The Labute approximate surface area is 118 Å². The highest BCUT2D eigenvalue weighted by atomic mass is 16.6. The number of hydrogen-bond donors (Lipinski definition) is 1. The van der Waals surface area contributed by atoms with E-state index in [1.807, 2.05) is 4.90 Å². The minimum atomic E-state index is -0.395. The van der Waals surface area contributed by atoms with E-state index in [2.05, 4.69) is 10.3 Å². The number of nitrogens with one attached hydrogen (secondary N) is 1. The number of pyridine rings is 1. The van der Waals surface area contributed by atoms with Crippen LogP contribution in [0.15, 0.2) is 18.3 Å². The van der Waals surface area contributed by atoms with Gasteiger partial charge in [0, 0.05) is 38.5 Å². The molecule has 110 valence electrons. The van der Waals surface area contributed by atoms with E-state index in [0.29, 0.717) is 25.0 Å². The number of methoxy groups -OCH3 is 1. The minimum Gasteiger partial charge on any atom is -0.383 e. The Kier molecular flexibility index (Phi) is 5.25. The summed E-state index contributed by atoms with van der Waals surface area (Å²) >= 11 is 0. The maximum absolute atomic E-state index is 10.9. The number of anilines is 1. The molecule has 0 saturated carbocycles. The van der Waals surface area contributed by atoms with Gasteiger partial charge in [0.2, 0.25) is 0 Å². The zero-order valence-electron chi connectivity index (χ0n) is 11.6. The lowest BCUT2D eigenvalue weighted by Crippen LogP contribution is -2.39. The fourth-order valence-corrected chi connectivity index (χ4v) is 2.37. The van der Waals surface area contributed by atoms with Gasteiger partial charge in [-0.1, -0.05) is 0 Å². The molecule has 1 N–H and O–H groups in total. The Morgan fingerprint density at radius 3 is 3.15 bits per heavy atom. The predicted molar refractivity (Wildman–Crippen MR) is 76.0 cm³/mol. The first-order chi connectivity index (χ1) is 9.70. The number of nitrogens with zero attached hydrogens (tertiary/aromatic N) is 3. The Morgan fingerprint density at radius 2 is 2.50 bits per heavy atom. The molecule has 20 heavy (non-hydrogen) atoms. The lowest BCUT2D eigenvalue weighted by molar-refractivity contribution is -0.384. The Balaban J connectivity index is 2.11. The van der Waals surface area contributed by atoms with Crippen LogP contribution < -0.4 is 10.2 Å². The molecule has 7 nitrogen and oxygen atoms in total. The summed E-state index contributed by atoms with van der Waals surface area (Å²) in [5.74, 6) is 0.630. The first kappa shape index (κ1) is 14.7. The number of aromatic nitrogens is 1. The van der Waals surface area contributed by atoms with Crippen molar-refractivity contribution in [1.29, 1.82) is 0 Å². The van der Waals surface area contributed by atoms with Crippen LogP contribution in [0.25, 0.3) is 0 Å². The van der Waals surface area contributed by atoms with Crippen molar-refractivity contribution in [3.63, 3.8) is 0 Å². The standard InChI is InChI=1S/C13H20N4O3/c1-20-8-7-16(10-11-3-2-5-14-11)13-9-12(17(18)19)4-6-15-13/h4,6,9,11,14H,2-3,5,7-8,10H2,1H3. The van der Waals surface area contributed by atoms with Crippen molar-refractivity contribution in [2.75, 3.05) is 38.3 Å². The summed E-state index contributed by atoms with van der Waals surface area (Å²) in [6.07, 6.45) is 3.78. The third kappa shape index (κ3) is 3.88. The first-order valence-electron chi connectivity index (χ1n) is 6.78. The average Bonchev–Trinajstić information content (AvgIpc) is 2.96. The maximum atomic E-state index is 10.9. The molecule has 1 unspecified atom stereocenters. The monoisotopic (exact) mass is 280 g/mol. The van der Waals surface area contributed by atoms with Gasteiger partial charge in [-0.25, -0.2) is 4.98 Å². The molecule has 1 fully saturated rings. The molecule has 1 aliphatic heterocycles. The van der Waals surface area contributed by atoms with Gasteiger partial charge in [-0.2, -0.15) is 0 Å². The summed E-state index contributed by atoms with van der Waals surface area (Å²) in [5.41, 5.74) is 0.0665. The molecule has 1 aromatic heterocycles. The molecule has 0 spiro atoms. The van der Waals surface area contributed by atoms with Crippen molar-refractivity contribution < 1.29 is 9.66 Å². The molecule has 0 aromatic carbocycles. The van der Waals surface area contributed by atoms with Gasteiger partial charge in [0.15, 0.2) is 0 Å². The summed E-state index contributed by atoms with van der Waals surface area (Å²) in [4.78, 5) is 16.8. The fourth-order valence-electron chi connectivity index (χ4n) is 2.37. The van der Waals surface area contributed by atoms with Crippen LogP contribution in [0.3, 0.4) is 0 Å². The van der Waals surface area contributed by atoms with E-state index < -0.39 is 4.92 Å². The topological polar surface area (TPSA) is 80.5 Å². The summed E-state index contributed by atoms with van der Waals surface area (Å²) in [7, 11) is 1.65. The lowest BCUT2D eigenvalue weighted by atomic mass is 10.2. The highest BCUT2D eigenvalue weighted by Gasteiger charge is 2.20. The van der Waals surface area contributed by atoms with Gasteiger partial charge in [-0.15, -0.1) is 0 Å². The number of ether oxygens (including phenoxy) is 1. The summed E-state index contributed by atoms with van der Waals surface area (Å²) < 4.78 is 5.11. The zero-order chi connectivity index (χ0) is 14.4. The molecule has 1 aliphatic rings. The third-order valence-electron chi connectivity index (χ3n) is 3.43. The highest BCUT2D eigenvalue weighted by Crippen LogP contribution is 2.19. The summed E-state index contributed by atoms with van der Waals surface area (Å²) in [6.45, 7) is 3.06. The van der Waals surface area contributed by atoms with Gasteiger partial charge in [-0.3, -0.25) is 10.1 Å².